The van der Waals surface area contributed by atoms with E-state index in [-0.39, 0.29) is 0 Å². The Kier molecular flexibility index (Phi) is 4.43. The summed E-state index contributed by atoms with van der Waals surface area (Å²) in [6.45, 7) is 2.06. The van der Waals surface area contributed by atoms with Gasteiger partial charge in [-0.15, -0.1) is 0 Å². The molecule has 29 heavy (non-hydrogen) atoms. The van der Waals surface area contributed by atoms with Gasteiger partial charge in [-0.25, -0.2) is 4.98 Å². The first-order valence-corrected chi connectivity index (χ1v) is 10.2. The van der Waals surface area contributed by atoms with Crippen molar-refractivity contribution in [1.29, 1.82) is 0 Å². The van der Waals surface area contributed by atoms with E-state index in [1.807, 2.05) is 30.3 Å². The molecule has 1 aliphatic rings. The summed E-state index contributed by atoms with van der Waals surface area (Å²) in [5, 5.41) is 8.11. The van der Waals surface area contributed by atoms with Crippen LogP contribution in [0.15, 0.2) is 54.6 Å². The third-order valence-corrected chi connectivity index (χ3v) is 5.74. The number of hydrogen-bond donors (Lipinski definition) is 2. The van der Waals surface area contributed by atoms with Gasteiger partial charge in [-0.1, -0.05) is 37.1 Å². The fraction of sp³-hybridized carbons (Fsp3) is 0.250. The van der Waals surface area contributed by atoms with Crippen LogP contribution in [0.2, 0.25) is 0 Å². The van der Waals surface area contributed by atoms with Gasteiger partial charge in [0.1, 0.15) is 17.3 Å². The summed E-state index contributed by atoms with van der Waals surface area (Å²) in [5.41, 5.74) is 11.3. The van der Waals surface area contributed by atoms with Crippen molar-refractivity contribution in [3.05, 3.63) is 65.9 Å². The lowest BCUT2D eigenvalue weighted by Crippen LogP contribution is -1.98. The second-order valence-corrected chi connectivity index (χ2v) is 7.85. The number of rotatable bonds is 4. The van der Waals surface area contributed by atoms with Crippen molar-refractivity contribution in [3.63, 3.8) is 0 Å². The van der Waals surface area contributed by atoms with Crippen LogP contribution >= 0.6 is 0 Å². The highest BCUT2D eigenvalue weighted by Crippen LogP contribution is 2.38. The molecule has 0 spiro atoms. The minimum Gasteiger partial charge on any atom is -0.457 e. The number of pyridine rings is 1. The zero-order valence-electron chi connectivity index (χ0n) is 16.5. The lowest BCUT2D eigenvalue weighted by atomic mass is 9.97. The number of nitrogen functional groups attached to an aromatic ring is 1. The molecule has 5 nitrogen and oxygen atoms in total. The van der Waals surface area contributed by atoms with Crippen LogP contribution in [0, 0.1) is 6.92 Å². The third-order valence-electron chi connectivity index (χ3n) is 5.74. The number of H-pyrrole nitrogens is 1. The Balaban J connectivity index is 1.51. The highest BCUT2D eigenvalue weighted by molar-refractivity contribution is 6.00. The van der Waals surface area contributed by atoms with Gasteiger partial charge in [0.25, 0.3) is 0 Å². The highest BCUT2D eigenvalue weighted by Gasteiger charge is 2.22. The third kappa shape index (κ3) is 3.44. The van der Waals surface area contributed by atoms with E-state index in [0.717, 1.165) is 33.7 Å². The summed E-state index contributed by atoms with van der Waals surface area (Å²) in [6, 6.07) is 18.4. The maximum absolute atomic E-state index is 6.18. The number of aryl methyl sites for hydroxylation is 1. The molecule has 5 heteroatoms. The summed E-state index contributed by atoms with van der Waals surface area (Å²) < 4.78 is 6.00. The van der Waals surface area contributed by atoms with Gasteiger partial charge in [-0.05, 0) is 66.8 Å². The molecule has 1 saturated carbocycles. The molecule has 146 valence electrons. The lowest BCUT2D eigenvalue weighted by molar-refractivity contribution is 0.482. The molecule has 0 unspecified atom stereocenters. The lowest BCUT2D eigenvalue weighted by Gasteiger charge is -2.12. The van der Waals surface area contributed by atoms with Crippen molar-refractivity contribution in [3.8, 4) is 22.6 Å². The van der Waals surface area contributed by atoms with Gasteiger partial charge < -0.3 is 10.5 Å². The molecule has 2 aromatic carbocycles. The number of nitrogens with one attached hydrogen (secondary N) is 1. The van der Waals surface area contributed by atoms with Crippen molar-refractivity contribution in [2.45, 2.75) is 38.5 Å². The van der Waals surface area contributed by atoms with Crippen LogP contribution in [0.4, 0.5) is 5.82 Å². The Morgan fingerprint density at radius 3 is 2.55 bits per heavy atom. The van der Waals surface area contributed by atoms with Crippen molar-refractivity contribution < 1.29 is 4.74 Å². The second kappa shape index (κ2) is 7.24. The van der Waals surface area contributed by atoms with Crippen LogP contribution in [-0.2, 0) is 0 Å². The van der Waals surface area contributed by atoms with E-state index in [1.54, 1.807) is 0 Å². The van der Waals surface area contributed by atoms with Gasteiger partial charge in [0.05, 0.1) is 5.39 Å². The number of ether oxygens (including phenoxy) is 1. The first-order valence-electron chi connectivity index (χ1n) is 10.2. The quantitative estimate of drug-likeness (QED) is 0.455. The smallest absolute Gasteiger partial charge is 0.183 e. The van der Waals surface area contributed by atoms with E-state index in [4.69, 9.17) is 15.5 Å². The highest BCUT2D eigenvalue weighted by atomic mass is 16.5. The number of nitrogens with two attached hydrogens (primary N) is 1. The SMILES string of the molecule is Cc1cccc(Oc2ccc(-c3cc(C4CCCC4)nc4n[nH]c(N)c34)cc2)c1. The van der Waals surface area contributed by atoms with Gasteiger partial charge in [0.2, 0.25) is 0 Å². The molecule has 0 amide bonds. The summed E-state index contributed by atoms with van der Waals surface area (Å²) in [4.78, 5) is 4.80. The van der Waals surface area contributed by atoms with Crippen molar-refractivity contribution in [2.24, 2.45) is 0 Å². The van der Waals surface area contributed by atoms with Crippen molar-refractivity contribution in [1.82, 2.24) is 15.2 Å². The Bertz CT molecular complexity index is 1160. The van der Waals surface area contributed by atoms with E-state index < -0.39 is 0 Å². The molecule has 3 N–H and O–H groups in total. The Morgan fingerprint density at radius 2 is 1.79 bits per heavy atom. The summed E-state index contributed by atoms with van der Waals surface area (Å²) in [7, 11) is 0. The van der Waals surface area contributed by atoms with Gasteiger partial charge in [0.15, 0.2) is 5.65 Å². The molecular weight excluding hydrogens is 360 g/mol. The number of fused-ring (bicyclic) bond motifs is 1. The first kappa shape index (κ1) is 17.7. The first-order chi connectivity index (χ1) is 14.2. The topological polar surface area (TPSA) is 76.8 Å². The van der Waals surface area contributed by atoms with E-state index in [9.17, 15) is 0 Å². The normalized spacial score (nSPS) is 14.5. The number of anilines is 1. The number of aromatic nitrogens is 3. The molecule has 1 fully saturated rings. The van der Waals surface area contributed by atoms with Gasteiger partial charge in [0, 0.05) is 11.6 Å². The maximum Gasteiger partial charge on any atom is 0.183 e. The molecule has 0 saturated heterocycles. The van der Waals surface area contributed by atoms with E-state index >= 15 is 0 Å². The number of aromatic amines is 1. The van der Waals surface area contributed by atoms with Gasteiger partial charge >= 0.3 is 0 Å². The maximum atomic E-state index is 6.18. The predicted molar refractivity (Wildman–Crippen MR) is 116 cm³/mol. The Labute approximate surface area is 169 Å². The van der Waals surface area contributed by atoms with Crippen LogP contribution in [0.1, 0.15) is 42.9 Å². The van der Waals surface area contributed by atoms with E-state index in [1.165, 1.54) is 31.2 Å². The molecular formula is C24H24N4O. The standard InChI is InChI=1S/C24H24N4O/c1-15-5-4-8-19(13-15)29-18-11-9-16(10-12-18)20-14-21(17-6-2-3-7-17)26-24-22(20)23(25)27-28-24/h4-5,8-14,17H,2-3,6-7H2,1H3,(H3,25,26,27,28). The number of benzene rings is 2. The largest absolute Gasteiger partial charge is 0.457 e. The van der Waals surface area contributed by atoms with Crippen LogP contribution in [0.3, 0.4) is 0 Å². The van der Waals surface area contributed by atoms with E-state index in [0.29, 0.717) is 17.4 Å². The Morgan fingerprint density at radius 1 is 1.00 bits per heavy atom. The molecule has 2 heterocycles. The van der Waals surface area contributed by atoms with Crippen LogP contribution in [0.5, 0.6) is 11.5 Å². The molecule has 0 bridgehead atoms. The zero-order chi connectivity index (χ0) is 19.8. The van der Waals surface area contributed by atoms with Crippen molar-refractivity contribution in [2.75, 3.05) is 5.73 Å². The predicted octanol–water partition coefficient (Wildman–Crippen LogP) is 5.97. The fourth-order valence-electron chi connectivity index (χ4n) is 4.24. The summed E-state index contributed by atoms with van der Waals surface area (Å²) in [5.74, 6) is 2.72. The van der Waals surface area contributed by atoms with Crippen LogP contribution in [-0.4, -0.2) is 15.2 Å². The molecule has 5 rings (SSSR count). The minimum absolute atomic E-state index is 0.514. The molecule has 0 aliphatic heterocycles. The molecule has 4 aromatic rings. The van der Waals surface area contributed by atoms with Gasteiger partial charge in [-0.3, -0.25) is 5.10 Å². The molecule has 0 radical (unpaired) electrons. The fourth-order valence-corrected chi connectivity index (χ4v) is 4.24. The number of nitrogens with zero attached hydrogens (tertiary/aromatic N) is 2. The summed E-state index contributed by atoms with van der Waals surface area (Å²) >= 11 is 0. The van der Waals surface area contributed by atoms with Crippen LogP contribution < -0.4 is 10.5 Å². The van der Waals surface area contributed by atoms with E-state index in [2.05, 4.69) is 41.4 Å². The number of hydrogen-bond acceptors (Lipinski definition) is 4. The van der Waals surface area contributed by atoms with Crippen LogP contribution in [0.25, 0.3) is 22.2 Å². The molecule has 0 atom stereocenters. The molecule has 2 aromatic heterocycles. The average Bonchev–Trinajstić information content (AvgIpc) is 3.39. The summed E-state index contributed by atoms with van der Waals surface area (Å²) in [6.07, 6.45) is 4.93. The zero-order valence-corrected chi connectivity index (χ0v) is 16.5. The van der Waals surface area contributed by atoms with Crippen molar-refractivity contribution >= 4 is 16.9 Å². The monoisotopic (exact) mass is 384 g/mol. The molecule has 1 aliphatic carbocycles. The average molecular weight is 384 g/mol. The van der Waals surface area contributed by atoms with Gasteiger partial charge in [-0.2, -0.15) is 5.10 Å². The second-order valence-electron chi connectivity index (χ2n) is 7.85. The Hall–Kier alpha value is -3.34. The minimum atomic E-state index is 0.514.